The highest BCUT2D eigenvalue weighted by Crippen LogP contribution is 2.33. The van der Waals surface area contributed by atoms with Crippen LogP contribution in [0.5, 0.6) is 0 Å². The van der Waals surface area contributed by atoms with E-state index in [2.05, 4.69) is 65.3 Å². The molecule has 0 fully saturated rings. The van der Waals surface area contributed by atoms with Gasteiger partial charge in [-0.2, -0.15) is 5.10 Å². The molecule has 0 aliphatic heterocycles. The Morgan fingerprint density at radius 1 is 1.05 bits per heavy atom. The third kappa shape index (κ3) is 1.62. The molecule has 0 spiro atoms. The topological polar surface area (TPSA) is 46.5 Å². The van der Waals surface area contributed by atoms with Crippen LogP contribution in [0.15, 0.2) is 36.5 Å². The quantitative estimate of drug-likeness (QED) is 0.575. The molecule has 0 saturated carbocycles. The first kappa shape index (κ1) is 12.1. The van der Waals surface area contributed by atoms with Crippen LogP contribution in [0.1, 0.15) is 11.3 Å². The molecule has 0 atom stereocenters. The first-order chi connectivity index (χ1) is 10.2. The highest BCUT2D eigenvalue weighted by Gasteiger charge is 2.16. The average Bonchev–Trinajstić information content (AvgIpc) is 3.02. The van der Waals surface area contributed by atoms with Crippen LogP contribution >= 0.6 is 0 Å². The van der Waals surface area contributed by atoms with Gasteiger partial charge in [-0.1, -0.05) is 24.3 Å². The normalized spacial score (nSPS) is 11.6. The molecule has 1 aromatic carbocycles. The lowest BCUT2D eigenvalue weighted by Gasteiger charge is -2.10. The van der Waals surface area contributed by atoms with Gasteiger partial charge in [0.25, 0.3) is 0 Å². The van der Waals surface area contributed by atoms with Gasteiger partial charge in [-0.3, -0.25) is 5.10 Å². The summed E-state index contributed by atoms with van der Waals surface area (Å²) in [6.07, 6.45) is 2.08. The fraction of sp³-hybridized carbons (Fsp3) is 0.176. The Labute approximate surface area is 122 Å². The second kappa shape index (κ2) is 4.19. The minimum atomic E-state index is 0.934. The Balaban J connectivity index is 2.23. The zero-order valence-corrected chi connectivity index (χ0v) is 12.3. The standard InChI is InChI=1S/C17H16N4/c1-10-8-9-21(3)17(10)16-13-7-5-4-6-12(13)15-14(18-16)11(2)19-20-15/h4-9H,1-3H3,(H,19,20). The predicted molar refractivity (Wildman–Crippen MR) is 85.3 cm³/mol. The molecule has 3 heterocycles. The summed E-state index contributed by atoms with van der Waals surface area (Å²) in [5, 5.41) is 9.75. The molecule has 21 heavy (non-hydrogen) atoms. The average molecular weight is 276 g/mol. The smallest absolute Gasteiger partial charge is 0.112 e. The number of hydrogen-bond acceptors (Lipinski definition) is 2. The van der Waals surface area contributed by atoms with Crippen LogP contribution in [0, 0.1) is 13.8 Å². The molecule has 104 valence electrons. The molecule has 4 nitrogen and oxygen atoms in total. The minimum Gasteiger partial charge on any atom is -0.349 e. The van der Waals surface area contributed by atoms with Gasteiger partial charge in [-0.05, 0) is 25.5 Å². The largest absolute Gasteiger partial charge is 0.349 e. The molecule has 3 aromatic heterocycles. The molecule has 0 radical (unpaired) electrons. The Morgan fingerprint density at radius 3 is 2.52 bits per heavy atom. The van der Waals surface area contributed by atoms with E-state index in [9.17, 15) is 0 Å². The zero-order chi connectivity index (χ0) is 14.6. The number of aryl methyl sites for hydroxylation is 3. The lowest BCUT2D eigenvalue weighted by molar-refractivity contribution is 0.931. The van der Waals surface area contributed by atoms with Crippen molar-refractivity contribution in [3.63, 3.8) is 0 Å². The SMILES string of the molecule is Cc1ccn(C)c1-c1nc2c(C)n[nH]c2c2ccccc12. The maximum absolute atomic E-state index is 4.91. The van der Waals surface area contributed by atoms with Crippen LogP contribution in [0.4, 0.5) is 0 Å². The second-order valence-electron chi connectivity index (χ2n) is 5.50. The van der Waals surface area contributed by atoms with Gasteiger partial charge in [0.05, 0.1) is 22.6 Å². The summed E-state index contributed by atoms with van der Waals surface area (Å²) >= 11 is 0. The Bertz CT molecular complexity index is 956. The molecular formula is C17H16N4. The van der Waals surface area contributed by atoms with Crippen LogP contribution in [-0.4, -0.2) is 19.7 Å². The highest BCUT2D eigenvalue weighted by atomic mass is 15.1. The molecule has 4 aromatic rings. The number of fused-ring (bicyclic) bond motifs is 3. The Hall–Kier alpha value is -2.62. The van der Waals surface area contributed by atoms with Crippen molar-refractivity contribution in [1.82, 2.24) is 19.7 Å². The first-order valence-corrected chi connectivity index (χ1v) is 7.02. The number of aromatic nitrogens is 4. The van der Waals surface area contributed by atoms with E-state index in [-0.39, 0.29) is 0 Å². The zero-order valence-electron chi connectivity index (χ0n) is 12.3. The summed E-state index contributed by atoms with van der Waals surface area (Å²) in [6.45, 7) is 4.11. The summed E-state index contributed by atoms with van der Waals surface area (Å²) in [4.78, 5) is 4.91. The molecule has 0 bridgehead atoms. The third-order valence-corrected chi connectivity index (χ3v) is 4.09. The van der Waals surface area contributed by atoms with Gasteiger partial charge >= 0.3 is 0 Å². The molecule has 0 aliphatic rings. The van der Waals surface area contributed by atoms with Gasteiger partial charge < -0.3 is 4.57 Å². The van der Waals surface area contributed by atoms with Crippen molar-refractivity contribution in [3.8, 4) is 11.4 Å². The molecule has 1 N–H and O–H groups in total. The number of pyridine rings is 1. The van der Waals surface area contributed by atoms with Crippen molar-refractivity contribution in [2.75, 3.05) is 0 Å². The summed E-state index contributed by atoms with van der Waals surface area (Å²) in [5.74, 6) is 0. The number of rotatable bonds is 1. The van der Waals surface area contributed by atoms with Gasteiger partial charge in [0.15, 0.2) is 0 Å². The van der Waals surface area contributed by atoms with Crippen LogP contribution in [0.3, 0.4) is 0 Å². The van der Waals surface area contributed by atoms with E-state index >= 15 is 0 Å². The predicted octanol–water partition coefficient (Wildman–Crippen LogP) is 3.73. The van der Waals surface area contributed by atoms with Gasteiger partial charge in [0, 0.05) is 24.0 Å². The fourth-order valence-electron chi connectivity index (χ4n) is 3.02. The molecule has 0 amide bonds. The minimum absolute atomic E-state index is 0.934. The number of aromatic amines is 1. The summed E-state index contributed by atoms with van der Waals surface area (Å²) in [7, 11) is 2.06. The molecule has 4 heteroatoms. The molecule has 4 rings (SSSR count). The van der Waals surface area contributed by atoms with Crippen LogP contribution in [0.25, 0.3) is 33.2 Å². The lowest BCUT2D eigenvalue weighted by Crippen LogP contribution is -1.96. The summed E-state index contributed by atoms with van der Waals surface area (Å²) in [6, 6.07) is 10.5. The van der Waals surface area contributed by atoms with E-state index in [1.807, 2.05) is 6.92 Å². The monoisotopic (exact) mass is 276 g/mol. The van der Waals surface area contributed by atoms with Crippen molar-refractivity contribution in [1.29, 1.82) is 0 Å². The van der Waals surface area contributed by atoms with Crippen molar-refractivity contribution >= 4 is 21.8 Å². The molecule has 0 unspecified atom stereocenters. The summed E-state index contributed by atoms with van der Waals surface area (Å²) < 4.78 is 2.13. The number of benzene rings is 1. The van der Waals surface area contributed by atoms with Crippen molar-refractivity contribution in [2.24, 2.45) is 7.05 Å². The van der Waals surface area contributed by atoms with E-state index in [0.29, 0.717) is 0 Å². The van der Waals surface area contributed by atoms with E-state index in [1.54, 1.807) is 0 Å². The van der Waals surface area contributed by atoms with Gasteiger partial charge in [0.2, 0.25) is 0 Å². The van der Waals surface area contributed by atoms with Gasteiger partial charge in [-0.15, -0.1) is 0 Å². The van der Waals surface area contributed by atoms with E-state index in [0.717, 1.165) is 33.5 Å². The Kier molecular flexibility index (Phi) is 2.42. The van der Waals surface area contributed by atoms with Gasteiger partial charge in [-0.25, -0.2) is 4.98 Å². The van der Waals surface area contributed by atoms with Crippen molar-refractivity contribution in [3.05, 3.63) is 47.8 Å². The number of nitrogens with one attached hydrogen (secondary N) is 1. The molecular weight excluding hydrogens is 260 g/mol. The maximum atomic E-state index is 4.91. The summed E-state index contributed by atoms with van der Waals surface area (Å²) in [5.41, 5.74) is 6.31. The fourth-order valence-corrected chi connectivity index (χ4v) is 3.02. The van der Waals surface area contributed by atoms with Gasteiger partial charge in [0.1, 0.15) is 5.52 Å². The third-order valence-electron chi connectivity index (χ3n) is 4.09. The molecule has 0 aliphatic carbocycles. The van der Waals surface area contributed by atoms with E-state index < -0.39 is 0 Å². The van der Waals surface area contributed by atoms with Crippen LogP contribution in [0.2, 0.25) is 0 Å². The Morgan fingerprint density at radius 2 is 1.81 bits per heavy atom. The lowest BCUT2D eigenvalue weighted by atomic mass is 10.0. The second-order valence-corrected chi connectivity index (χ2v) is 5.50. The number of nitrogens with zero attached hydrogens (tertiary/aromatic N) is 3. The number of hydrogen-bond donors (Lipinski definition) is 1. The van der Waals surface area contributed by atoms with Crippen LogP contribution < -0.4 is 0 Å². The maximum Gasteiger partial charge on any atom is 0.112 e. The van der Waals surface area contributed by atoms with E-state index in [1.165, 1.54) is 10.9 Å². The van der Waals surface area contributed by atoms with Crippen molar-refractivity contribution < 1.29 is 0 Å². The highest BCUT2D eigenvalue weighted by molar-refractivity contribution is 6.09. The first-order valence-electron chi connectivity index (χ1n) is 7.02. The molecule has 0 saturated heterocycles. The van der Waals surface area contributed by atoms with E-state index in [4.69, 9.17) is 4.98 Å². The number of H-pyrrole nitrogens is 1. The van der Waals surface area contributed by atoms with Crippen molar-refractivity contribution in [2.45, 2.75) is 13.8 Å². The van der Waals surface area contributed by atoms with Crippen LogP contribution in [-0.2, 0) is 7.05 Å².